The van der Waals surface area contributed by atoms with Gasteiger partial charge in [-0.15, -0.1) is 0 Å². The van der Waals surface area contributed by atoms with Crippen LogP contribution < -0.4 is 10.2 Å². The SMILES string of the molecule is CC(=O)N(CCNC(=O)c1ccc(F)cc1)c1cccc(C(F)(F)F)c1. The molecule has 4 nitrogen and oxygen atoms in total. The molecule has 2 amide bonds. The van der Waals surface area contributed by atoms with Gasteiger partial charge in [0.25, 0.3) is 5.91 Å². The van der Waals surface area contributed by atoms with Gasteiger partial charge in [-0.3, -0.25) is 9.59 Å². The monoisotopic (exact) mass is 368 g/mol. The van der Waals surface area contributed by atoms with Crippen LogP contribution in [0.25, 0.3) is 0 Å². The van der Waals surface area contributed by atoms with Crippen molar-refractivity contribution >= 4 is 17.5 Å². The van der Waals surface area contributed by atoms with Crippen molar-refractivity contribution in [1.82, 2.24) is 5.32 Å². The molecule has 2 aromatic carbocycles. The van der Waals surface area contributed by atoms with E-state index in [0.29, 0.717) is 0 Å². The van der Waals surface area contributed by atoms with E-state index in [2.05, 4.69) is 5.32 Å². The molecule has 0 radical (unpaired) electrons. The lowest BCUT2D eigenvalue weighted by Gasteiger charge is -2.22. The summed E-state index contributed by atoms with van der Waals surface area (Å²) in [4.78, 5) is 24.9. The van der Waals surface area contributed by atoms with Gasteiger partial charge in [0.05, 0.1) is 5.56 Å². The summed E-state index contributed by atoms with van der Waals surface area (Å²) in [7, 11) is 0. The van der Waals surface area contributed by atoms with E-state index in [0.717, 1.165) is 29.2 Å². The number of rotatable bonds is 5. The van der Waals surface area contributed by atoms with E-state index < -0.39 is 29.4 Å². The minimum Gasteiger partial charge on any atom is -0.350 e. The van der Waals surface area contributed by atoms with Crippen molar-refractivity contribution in [1.29, 1.82) is 0 Å². The zero-order valence-electron chi connectivity index (χ0n) is 13.8. The van der Waals surface area contributed by atoms with Crippen LogP contribution in [0.4, 0.5) is 23.2 Å². The topological polar surface area (TPSA) is 49.4 Å². The Morgan fingerprint density at radius 3 is 2.31 bits per heavy atom. The Morgan fingerprint density at radius 1 is 1.08 bits per heavy atom. The molecule has 0 heterocycles. The minimum absolute atomic E-state index is 0.0103. The molecule has 0 aliphatic carbocycles. The van der Waals surface area contributed by atoms with Crippen LogP contribution in [0, 0.1) is 5.82 Å². The van der Waals surface area contributed by atoms with E-state index in [1.165, 1.54) is 31.2 Å². The van der Waals surface area contributed by atoms with E-state index in [9.17, 15) is 27.2 Å². The van der Waals surface area contributed by atoms with Crippen molar-refractivity contribution in [2.45, 2.75) is 13.1 Å². The number of hydrogen-bond donors (Lipinski definition) is 1. The standard InChI is InChI=1S/C18H16F4N2O2/c1-12(25)24(16-4-2-3-14(11-16)18(20,21)22)10-9-23-17(26)13-5-7-15(19)8-6-13/h2-8,11H,9-10H2,1H3,(H,23,26). The first-order chi connectivity index (χ1) is 12.2. The van der Waals surface area contributed by atoms with E-state index in [-0.39, 0.29) is 24.3 Å². The number of nitrogens with one attached hydrogen (secondary N) is 1. The first-order valence-electron chi connectivity index (χ1n) is 7.67. The van der Waals surface area contributed by atoms with Gasteiger partial charge in [-0.25, -0.2) is 4.39 Å². The molecule has 0 unspecified atom stereocenters. The Hall–Kier alpha value is -2.90. The summed E-state index contributed by atoms with van der Waals surface area (Å²) in [6.45, 7) is 1.23. The van der Waals surface area contributed by atoms with Crippen molar-refractivity contribution in [2.24, 2.45) is 0 Å². The fourth-order valence-corrected chi connectivity index (χ4v) is 2.30. The third kappa shape index (κ3) is 5.05. The maximum Gasteiger partial charge on any atom is 0.416 e. The van der Waals surface area contributed by atoms with Gasteiger partial charge in [-0.05, 0) is 42.5 Å². The number of carbonyl (C=O) groups excluding carboxylic acids is 2. The van der Waals surface area contributed by atoms with Gasteiger partial charge < -0.3 is 10.2 Å². The lowest BCUT2D eigenvalue weighted by molar-refractivity contribution is -0.137. The van der Waals surface area contributed by atoms with E-state index in [1.807, 2.05) is 0 Å². The average molecular weight is 368 g/mol. The molecule has 0 saturated carbocycles. The summed E-state index contributed by atoms with van der Waals surface area (Å²) < 4.78 is 51.3. The summed E-state index contributed by atoms with van der Waals surface area (Å²) in [6.07, 6.45) is -4.52. The quantitative estimate of drug-likeness (QED) is 0.820. The molecule has 138 valence electrons. The van der Waals surface area contributed by atoms with E-state index in [1.54, 1.807) is 0 Å². The predicted octanol–water partition coefficient (Wildman–Crippen LogP) is 3.63. The zero-order valence-corrected chi connectivity index (χ0v) is 13.8. The van der Waals surface area contributed by atoms with Crippen LogP contribution in [0.1, 0.15) is 22.8 Å². The molecule has 0 bridgehead atoms. The second kappa shape index (κ2) is 7.99. The van der Waals surface area contributed by atoms with Crippen molar-refractivity contribution < 1.29 is 27.2 Å². The highest BCUT2D eigenvalue weighted by molar-refractivity contribution is 5.94. The lowest BCUT2D eigenvalue weighted by Crippen LogP contribution is -2.37. The number of halogens is 4. The Morgan fingerprint density at radius 2 is 1.73 bits per heavy atom. The fourth-order valence-electron chi connectivity index (χ4n) is 2.30. The first kappa shape index (κ1) is 19.4. The van der Waals surface area contributed by atoms with E-state index >= 15 is 0 Å². The van der Waals surface area contributed by atoms with Gasteiger partial charge in [-0.2, -0.15) is 13.2 Å². The predicted molar refractivity (Wildman–Crippen MR) is 88.2 cm³/mol. The average Bonchev–Trinajstić information content (AvgIpc) is 2.58. The minimum atomic E-state index is -4.52. The molecule has 0 saturated heterocycles. The number of hydrogen-bond acceptors (Lipinski definition) is 2. The molecular weight excluding hydrogens is 352 g/mol. The second-order valence-electron chi connectivity index (χ2n) is 5.48. The highest BCUT2D eigenvalue weighted by atomic mass is 19.4. The molecule has 2 aromatic rings. The fraction of sp³-hybridized carbons (Fsp3) is 0.222. The number of carbonyl (C=O) groups is 2. The zero-order chi connectivity index (χ0) is 19.3. The highest BCUT2D eigenvalue weighted by Gasteiger charge is 2.31. The highest BCUT2D eigenvalue weighted by Crippen LogP contribution is 2.31. The molecule has 0 fully saturated rings. The van der Waals surface area contributed by atoms with Gasteiger partial charge in [0.1, 0.15) is 5.82 Å². The largest absolute Gasteiger partial charge is 0.416 e. The smallest absolute Gasteiger partial charge is 0.350 e. The normalized spacial score (nSPS) is 11.1. The van der Waals surface area contributed by atoms with Crippen LogP contribution in [0.15, 0.2) is 48.5 Å². The Balaban J connectivity index is 2.04. The molecule has 1 N–H and O–H groups in total. The molecule has 0 aromatic heterocycles. The van der Waals surface area contributed by atoms with Crippen molar-refractivity contribution in [3.63, 3.8) is 0 Å². The van der Waals surface area contributed by atoms with Crippen molar-refractivity contribution in [2.75, 3.05) is 18.0 Å². The summed E-state index contributed by atoms with van der Waals surface area (Å²) >= 11 is 0. The van der Waals surface area contributed by atoms with E-state index in [4.69, 9.17) is 0 Å². The number of amides is 2. The second-order valence-corrected chi connectivity index (χ2v) is 5.48. The number of benzene rings is 2. The maximum absolute atomic E-state index is 12.8. The van der Waals surface area contributed by atoms with Crippen LogP contribution >= 0.6 is 0 Å². The van der Waals surface area contributed by atoms with Crippen LogP contribution in [0.3, 0.4) is 0 Å². The summed E-state index contributed by atoms with van der Waals surface area (Å²) in [5.74, 6) is -1.41. The van der Waals surface area contributed by atoms with Crippen LogP contribution in [0.2, 0.25) is 0 Å². The number of alkyl halides is 3. The first-order valence-corrected chi connectivity index (χ1v) is 7.67. The number of nitrogens with zero attached hydrogens (tertiary/aromatic N) is 1. The molecule has 0 aliphatic heterocycles. The molecule has 0 atom stereocenters. The molecule has 8 heteroatoms. The van der Waals surface area contributed by atoms with Gasteiger partial charge in [0.2, 0.25) is 5.91 Å². The third-order valence-electron chi connectivity index (χ3n) is 3.59. The summed E-state index contributed by atoms with van der Waals surface area (Å²) in [5, 5.41) is 2.54. The Kier molecular flexibility index (Phi) is 5.97. The number of anilines is 1. The molecule has 0 spiro atoms. The summed E-state index contributed by atoms with van der Waals surface area (Å²) in [5.41, 5.74) is -0.542. The molecule has 26 heavy (non-hydrogen) atoms. The molecular formula is C18H16F4N2O2. The molecule has 0 aliphatic rings. The lowest BCUT2D eigenvalue weighted by atomic mass is 10.1. The maximum atomic E-state index is 12.8. The molecule has 2 rings (SSSR count). The van der Waals surface area contributed by atoms with Crippen LogP contribution in [-0.2, 0) is 11.0 Å². The Labute approximate surface area is 147 Å². The van der Waals surface area contributed by atoms with Crippen LogP contribution in [-0.4, -0.2) is 24.9 Å². The van der Waals surface area contributed by atoms with Gasteiger partial charge >= 0.3 is 6.18 Å². The Bertz CT molecular complexity index is 789. The van der Waals surface area contributed by atoms with Crippen LogP contribution in [0.5, 0.6) is 0 Å². The van der Waals surface area contributed by atoms with Gasteiger partial charge in [0, 0.05) is 31.3 Å². The van der Waals surface area contributed by atoms with Crippen molar-refractivity contribution in [3.8, 4) is 0 Å². The van der Waals surface area contributed by atoms with Gasteiger partial charge in [-0.1, -0.05) is 6.07 Å². The van der Waals surface area contributed by atoms with Gasteiger partial charge in [0.15, 0.2) is 0 Å². The summed E-state index contributed by atoms with van der Waals surface area (Å²) in [6, 6.07) is 9.28. The van der Waals surface area contributed by atoms with Crippen molar-refractivity contribution in [3.05, 3.63) is 65.5 Å². The third-order valence-corrected chi connectivity index (χ3v) is 3.59.